The predicted molar refractivity (Wildman–Crippen MR) is 91.5 cm³/mol. The Morgan fingerprint density at radius 1 is 1.14 bits per heavy atom. The molecule has 1 nitrogen and oxygen atoms in total. The van der Waals surface area contributed by atoms with E-state index in [1.165, 1.54) is 51.4 Å². The highest BCUT2D eigenvalue weighted by Gasteiger charge is 2.59. The van der Waals surface area contributed by atoms with Crippen LogP contribution in [0.25, 0.3) is 0 Å². The summed E-state index contributed by atoms with van der Waals surface area (Å²) in [4.78, 5) is 0. The van der Waals surface area contributed by atoms with E-state index >= 15 is 0 Å². The summed E-state index contributed by atoms with van der Waals surface area (Å²) in [6.45, 7) is 7.40. The summed E-state index contributed by atoms with van der Waals surface area (Å²) in [5.74, 6) is 3.38. The van der Waals surface area contributed by atoms with E-state index in [-0.39, 0.29) is 11.5 Å². The highest BCUT2D eigenvalue weighted by molar-refractivity contribution is 5.26. The second kappa shape index (κ2) is 5.10. The fourth-order valence-electron chi connectivity index (χ4n) is 7.36. The quantitative estimate of drug-likeness (QED) is 0.648. The van der Waals surface area contributed by atoms with Crippen molar-refractivity contribution in [2.24, 2.45) is 34.5 Å². The molecule has 0 saturated heterocycles. The monoisotopic (exact) mass is 302 g/mol. The third-order valence-corrected chi connectivity index (χ3v) is 8.62. The lowest BCUT2D eigenvalue weighted by molar-refractivity contribution is -0.0827. The third-order valence-electron chi connectivity index (χ3n) is 8.62. The van der Waals surface area contributed by atoms with E-state index in [0.29, 0.717) is 5.41 Å². The maximum atomic E-state index is 10.6. The number of aliphatic hydroxyl groups excluding tert-OH is 1. The number of hydrogen-bond donors (Lipinski definition) is 1. The average molecular weight is 303 g/mol. The normalized spacial score (nSPS) is 54.2. The van der Waals surface area contributed by atoms with Crippen LogP contribution in [0.5, 0.6) is 0 Å². The molecule has 0 bridgehead atoms. The number of hydrogen-bond acceptors (Lipinski definition) is 1. The van der Waals surface area contributed by atoms with Crippen molar-refractivity contribution in [1.82, 2.24) is 0 Å². The SMILES string of the molecule is CC[C@@H]1C[C@H]2[C@@H]3CC[C@H](O)[C@@]3(C)CC[C@@H]2[C@@]2(C)CCCC=C12. The largest absolute Gasteiger partial charge is 0.393 e. The number of aliphatic hydroxyl groups is 1. The minimum Gasteiger partial charge on any atom is -0.393 e. The number of allylic oxidation sites excluding steroid dienone is 2. The van der Waals surface area contributed by atoms with E-state index in [0.717, 1.165) is 30.1 Å². The first-order valence-electron chi connectivity index (χ1n) is 9.89. The van der Waals surface area contributed by atoms with Crippen LogP contribution in [0.2, 0.25) is 0 Å². The molecular formula is C21H34O. The summed E-state index contributed by atoms with van der Waals surface area (Å²) in [7, 11) is 0. The van der Waals surface area contributed by atoms with Crippen molar-refractivity contribution >= 4 is 0 Å². The van der Waals surface area contributed by atoms with E-state index in [1.807, 2.05) is 5.57 Å². The third kappa shape index (κ3) is 1.87. The fraction of sp³-hybridized carbons (Fsp3) is 0.905. The van der Waals surface area contributed by atoms with Gasteiger partial charge in [0.2, 0.25) is 0 Å². The summed E-state index contributed by atoms with van der Waals surface area (Å²) >= 11 is 0. The van der Waals surface area contributed by atoms with Gasteiger partial charge in [-0.05, 0) is 92.3 Å². The van der Waals surface area contributed by atoms with Gasteiger partial charge < -0.3 is 5.11 Å². The summed E-state index contributed by atoms with van der Waals surface area (Å²) < 4.78 is 0. The summed E-state index contributed by atoms with van der Waals surface area (Å²) in [5.41, 5.74) is 2.55. The number of rotatable bonds is 1. The van der Waals surface area contributed by atoms with Crippen LogP contribution in [-0.2, 0) is 0 Å². The van der Waals surface area contributed by atoms with E-state index in [1.54, 1.807) is 0 Å². The molecule has 4 aliphatic rings. The second-order valence-electron chi connectivity index (χ2n) is 9.32. The second-order valence-corrected chi connectivity index (χ2v) is 9.32. The molecular weight excluding hydrogens is 268 g/mol. The Bertz CT molecular complexity index is 480. The van der Waals surface area contributed by atoms with Crippen LogP contribution in [-0.4, -0.2) is 11.2 Å². The Balaban J connectivity index is 1.72. The molecule has 1 heteroatoms. The molecule has 0 radical (unpaired) electrons. The molecule has 0 heterocycles. The van der Waals surface area contributed by atoms with Gasteiger partial charge in [0.25, 0.3) is 0 Å². The van der Waals surface area contributed by atoms with Gasteiger partial charge in [0.1, 0.15) is 0 Å². The predicted octanol–water partition coefficient (Wildman–Crippen LogP) is 5.34. The Kier molecular flexibility index (Phi) is 3.53. The van der Waals surface area contributed by atoms with Crippen LogP contribution in [0.15, 0.2) is 11.6 Å². The van der Waals surface area contributed by atoms with Crippen LogP contribution in [0.4, 0.5) is 0 Å². The molecule has 4 rings (SSSR count). The Morgan fingerprint density at radius 2 is 1.95 bits per heavy atom. The van der Waals surface area contributed by atoms with Gasteiger partial charge >= 0.3 is 0 Å². The number of fused-ring (bicyclic) bond motifs is 5. The van der Waals surface area contributed by atoms with Crippen LogP contribution in [0.1, 0.15) is 78.6 Å². The lowest BCUT2D eigenvalue weighted by Gasteiger charge is -2.59. The van der Waals surface area contributed by atoms with E-state index < -0.39 is 0 Å². The smallest absolute Gasteiger partial charge is 0.0596 e. The molecule has 3 fully saturated rings. The van der Waals surface area contributed by atoms with Gasteiger partial charge in [0.15, 0.2) is 0 Å². The molecule has 0 aromatic heterocycles. The highest BCUT2D eigenvalue weighted by Crippen LogP contribution is 2.66. The lowest BCUT2D eigenvalue weighted by Crippen LogP contribution is -2.52. The van der Waals surface area contributed by atoms with Gasteiger partial charge in [-0.2, -0.15) is 0 Å². The maximum Gasteiger partial charge on any atom is 0.0596 e. The first-order valence-corrected chi connectivity index (χ1v) is 9.89. The molecule has 0 unspecified atom stereocenters. The van der Waals surface area contributed by atoms with Gasteiger partial charge in [-0.3, -0.25) is 0 Å². The van der Waals surface area contributed by atoms with Crippen molar-refractivity contribution in [2.45, 2.75) is 84.7 Å². The molecule has 0 spiro atoms. The first kappa shape index (κ1) is 15.2. The summed E-state index contributed by atoms with van der Waals surface area (Å²) in [6.07, 6.45) is 14.4. The van der Waals surface area contributed by atoms with Crippen LogP contribution in [0.3, 0.4) is 0 Å². The minimum atomic E-state index is -0.0328. The van der Waals surface area contributed by atoms with Crippen molar-refractivity contribution in [1.29, 1.82) is 0 Å². The van der Waals surface area contributed by atoms with Crippen molar-refractivity contribution in [3.8, 4) is 0 Å². The topological polar surface area (TPSA) is 20.2 Å². The van der Waals surface area contributed by atoms with Gasteiger partial charge in [-0.1, -0.05) is 32.4 Å². The van der Waals surface area contributed by atoms with Crippen molar-refractivity contribution in [2.75, 3.05) is 0 Å². The zero-order valence-corrected chi connectivity index (χ0v) is 14.8. The van der Waals surface area contributed by atoms with E-state index in [4.69, 9.17) is 0 Å². The Morgan fingerprint density at radius 3 is 2.73 bits per heavy atom. The van der Waals surface area contributed by atoms with E-state index in [2.05, 4.69) is 26.8 Å². The molecule has 0 aliphatic heterocycles. The van der Waals surface area contributed by atoms with Crippen molar-refractivity contribution in [3.63, 3.8) is 0 Å². The van der Waals surface area contributed by atoms with E-state index in [9.17, 15) is 5.11 Å². The highest BCUT2D eigenvalue weighted by atomic mass is 16.3. The molecule has 0 aromatic carbocycles. The van der Waals surface area contributed by atoms with Crippen molar-refractivity contribution in [3.05, 3.63) is 11.6 Å². The zero-order chi connectivity index (χ0) is 15.5. The van der Waals surface area contributed by atoms with Gasteiger partial charge in [-0.15, -0.1) is 0 Å². The summed E-state index contributed by atoms with van der Waals surface area (Å²) in [5, 5.41) is 10.6. The molecule has 0 amide bonds. The van der Waals surface area contributed by atoms with Gasteiger partial charge in [0, 0.05) is 0 Å². The van der Waals surface area contributed by atoms with Gasteiger partial charge in [-0.25, -0.2) is 0 Å². The maximum absolute atomic E-state index is 10.6. The molecule has 3 saturated carbocycles. The van der Waals surface area contributed by atoms with Gasteiger partial charge in [0.05, 0.1) is 6.10 Å². The molecule has 4 aliphatic carbocycles. The zero-order valence-electron chi connectivity index (χ0n) is 14.8. The van der Waals surface area contributed by atoms with Crippen LogP contribution >= 0.6 is 0 Å². The van der Waals surface area contributed by atoms with Crippen molar-refractivity contribution < 1.29 is 5.11 Å². The first-order chi connectivity index (χ1) is 10.5. The summed E-state index contributed by atoms with van der Waals surface area (Å²) in [6, 6.07) is 0. The molecule has 124 valence electrons. The van der Waals surface area contributed by atoms with Crippen LogP contribution in [0, 0.1) is 34.5 Å². The fourth-order valence-corrected chi connectivity index (χ4v) is 7.36. The molecule has 7 atom stereocenters. The van der Waals surface area contributed by atoms with Crippen LogP contribution < -0.4 is 0 Å². The Hall–Kier alpha value is -0.300. The lowest BCUT2D eigenvalue weighted by atomic mass is 9.45. The molecule has 1 N–H and O–H groups in total. The Labute approximate surface area is 136 Å². The molecule has 0 aromatic rings. The molecule has 22 heavy (non-hydrogen) atoms. The minimum absolute atomic E-state index is 0.0328. The average Bonchev–Trinajstić information content (AvgIpc) is 2.82. The standard InChI is InChI=1S/C21H34O/c1-4-14-13-15-17-8-9-19(22)21(17,3)12-10-18(15)20(2)11-6-5-7-16(14)20/h7,14-15,17-19,22H,4-6,8-13H2,1-3H3/t14-,15+,17+,18+,19+,20+,21+/m1/s1.